The van der Waals surface area contributed by atoms with E-state index < -0.39 is 9.84 Å². The van der Waals surface area contributed by atoms with E-state index in [-0.39, 0.29) is 0 Å². The normalized spacial score (nSPS) is 11.4. The van der Waals surface area contributed by atoms with E-state index in [1.54, 1.807) is 30.5 Å². The van der Waals surface area contributed by atoms with Crippen molar-refractivity contribution < 1.29 is 8.42 Å². The smallest absolute Gasteiger partial charge is 0.175 e. The Morgan fingerprint density at radius 3 is 2.48 bits per heavy atom. The summed E-state index contributed by atoms with van der Waals surface area (Å²) in [6.07, 6.45) is 4.60. The van der Waals surface area contributed by atoms with Crippen molar-refractivity contribution in [3.05, 3.63) is 40.8 Å². The highest BCUT2D eigenvalue weighted by Crippen LogP contribution is 2.21. The van der Waals surface area contributed by atoms with Gasteiger partial charge in [-0.15, -0.1) is 0 Å². The van der Waals surface area contributed by atoms with Crippen LogP contribution in [0.5, 0.6) is 0 Å². The second-order valence-corrected chi connectivity index (χ2v) is 7.49. The zero-order valence-corrected chi connectivity index (χ0v) is 14.2. The number of aryl methyl sites for hydroxylation is 1. The maximum atomic E-state index is 11.4. The van der Waals surface area contributed by atoms with Gasteiger partial charge in [0.05, 0.1) is 16.8 Å². The summed E-state index contributed by atoms with van der Waals surface area (Å²) in [6.45, 7) is 2.08. The predicted molar refractivity (Wildman–Crippen MR) is 86.6 cm³/mol. The molecule has 2 aromatic rings. The van der Waals surface area contributed by atoms with Crippen LogP contribution in [-0.4, -0.2) is 24.6 Å². The predicted octanol–water partition coefficient (Wildman–Crippen LogP) is 3.34. The Morgan fingerprint density at radius 1 is 1.24 bits per heavy atom. The molecule has 0 bridgehead atoms. The number of nitrogens with zero attached hydrogens (tertiary/aromatic N) is 2. The monoisotopic (exact) mass is 369 g/mol. The number of rotatable bonds is 5. The second-order valence-electron chi connectivity index (χ2n) is 4.66. The van der Waals surface area contributed by atoms with Crippen LogP contribution >= 0.6 is 15.9 Å². The van der Waals surface area contributed by atoms with Crippen LogP contribution in [0.25, 0.3) is 0 Å². The molecule has 0 saturated heterocycles. The molecule has 21 heavy (non-hydrogen) atoms. The Bertz CT molecular complexity index is 730. The fourth-order valence-corrected chi connectivity index (χ4v) is 2.79. The minimum absolute atomic E-state index is 0.295. The summed E-state index contributed by atoms with van der Waals surface area (Å²) in [7, 11) is -3.18. The summed E-state index contributed by atoms with van der Waals surface area (Å²) in [4.78, 5) is 9.03. The zero-order chi connectivity index (χ0) is 15.5. The van der Waals surface area contributed by atoms with Crippen LogP contribution < -0.4 is 5.32 Å². The summed E-state index contributed by atoms with van der Waals surface area (Å²) in [5.41, 5.74) is 1.65. The molecule has 0 saturated carbocycles. The largest absolute Gasteiger partial charge is 0.339 e. The highest BCUT2D eigenvalue weighted by atomic mass is 79.9. The standard InChI is InChI=1S/C14H16BrN3O2S/c1-3-4-12-14(16-9-13(15)18-12)17-10-5-7-11(8-6-10)21(2,19)20/h5-9H,3-4H2,1-2H3,(H,16,17). The highest BCUT2D eigenvalue weighted by molar-refractivity contribution is 9.10. The average Bonchev–Trinajstić information content (AvgIpc) is 2.42. The third-order valence-electron chi connectivity index (χ3n) is 2.85. The molecule has 0 atom stereocenters. The van der Waals surface area contributed by atoms with Gasteiger partial charge in [-0.05, 0) is 46.6 Å². The summed E-state index contributed by atoms with van der Waals surface area (Å²) < 4.78 is 23.6. The van der Waals surface area contributed by atoms with Crippen LogP contribution in [0.2, 0.25) is 0 Å². The number of hydrogen-bond donors (Lipinski definition) is 1. The Kier molecular flexibility index (Phi) is 4.95. The van der Waals surface area contributed by atoms with E-state index in [9.17, 15) is 8.42 Å². The molecule has 0 amide bonds. The molecule has 1 aromatic carbocycles. The van der Waals surface area contributed by atoms with Gasteiger partial charge in [0.1, 0.15) is 4.60 Å². The van der Waals surface area contributed by atoms with E-state index in [0.29, 0.717) is 15.3 Å². The molecular formula is C14H16BrN3O2S. The van der Waals surface area contributed by atoms with E-state index in [2.05, 4.69) is 38.1 Å². The van der Waals surface area contributed by atoms with E-state index in [0.717, 1.165) is 24.2 Å². The first-order chi connectivity index (χ1) is 9.90. The molecule has 0 spiro atoms. The summed E-state index contributed by atoms with van der Waals surface area (Å²) in [6, 6.07) is 6.58. The van der Waals surface area contributed by atoms with Gasteiger partial charge >= 0.3 is 0 Å². The Balaban J connectivity index is 2.26. The Morgan fingerprint density at radius 2 is 1.90 bits per heavy atom. The van der Waals surface area contributed by atoms with E-state index in [1.807, 2.05) is 0 Å². The van der Waals surface area contributed by atoms with Gasteiger partial charge in [0.25, 0.3) is 0 Å². The van der Waals surface area contributed by atoms with Gasteiger partial charge in [0, 0.05) is 11.9 Å². The van der Waals surface area contributed by atoms with Crippen molar-refractivity contribution in [3.8, 4) is 0 Å². The van der Waals surface area contributed by atoms with Crippen LogP contribution in [0.3, 0.4) is 0 Å². The quantitative estimate of drug-likeness (QED) is 0.874. The first-order valence-electron chi connectivity index (χ1n) is 6.48. The molecular weight excluding hydrogens is 354 g/mol. The van der Waals surface area contributed by atoms with Crippen LogP contribution in [0.15, 0.2) is 40.0 Å². The Labute approximate surface area is 132 Å². The lowest BCUT2D eigenvalue weighted by Crippen LogP contribution is -2.03. The topological polar surface area (TPSA) is 72.0 Å². The molecule has 1 N–H and O–H groups in total. The number of anilines is 2. The van der Waals surface area contributed by atoms with Gasteiger partial charge in [-0.1, -0.05) is 13.3 Å². The molecule has 1 aromatic heterocycles. The van der Waals surface area contributed by atoms with Crippen molar-refractivity contribution in [3.63, 3.8) is 0 Å². The minimum Gasteiger partial charge on any atom is -0.339 e. The molecule has 0 aliphatic rings. The average molecular weight is 370 g/mol. The molecule has 5 nitrogen and oxygen atoms in total. The number of nitrogens with one attached hydrogen (secondary N) is 1. The number of aromatic nitrogens is 2. The number of sulfone groups is 1. The number of benzene rings is 1. The third-order valence-corrected chi connectivity index (χ3v) is 4.36. The molecule has 2 rings (SSSR count). The van der Waals surface area contributed by atoms with E-state index >= 15 is 0 Å². The highest BCUT2D eigenvalue weighted by Gasteiger charge is 2.09. The lowest BCUT2D eigenvalue weighted by atomic mass is 10.2. The third kappa shape index (κ3) is 4.25. The molecule has 0 aliphatic heterocycles. The Hall–Kier alpha value is -1.47. The summed E-state index contributed by atoms with van der Waals surface area (Å²) >= 11 is 3.32. The van der Waals surface area contributed by atoms with E-state index in [1.165, 1.54) is 6.26 Å². The van der Waals surface area contributed by atoms with Gasteiger partial charge in [0.15, 0.2) is 15.7 Å². The minimum atomic E-state index is -3.18. The van der Waals surface area contributed by atoms with Gasteiger partial charge in [-0.25, -0.2) is 18.4 Å². The lowest BCUT2D eigenvalue weighted by Gasteiger charge is -2.10. The molecule has 0 radical (unpaired) electrons. The van der Waals surface area contributed by atoms with Crippen LogP contribution in [0.4, 0.5) is 11.5 Å². The van der Waals surface area contributed by atoms with Gasteiger partial charge in [0.2, 0.25) is 0 Å². The van der Waals surface area contributed by atoms with Gasteiger partial charge < -0.3 is 5.32 Å². The lowest BCUT2D eigenvalue weighted by molar-refractivity contribution is 0.602. The fraction of sp³-hybridized carbons (Fsp3) is 0.286. The summed E-state index contributed by atoms with van der Waals surface area (Å²) in [5, 5.41) is 3.17. The molecule has 0 aliphatic carbocycles. The SMILES string of the molecule is CCCc1nc(Br)cnc1Nc1ccc(S(C)(=O)=O)cc1. The maximum absolute atomic E-state index is 11.4. The van der Waals surface area contributed by atoms with Crippen molar-refractivity contribution in [2.45, 2.75) is 24.7 Å². The van der Waals surface area contributed by atoms with Crippen LogP contribution in [0.1, 0.15) is 19.0 Å². The molecule has 112 valence electrons. The van der Waals surface area contributed by atoms with Crippen molar-refractivity contribution in [1.29, 1.82) is 0 Å². The van der Waals surface area contributed by atoms with Crippen molar-refractivity contribution in [2.24, 2.45) is 0 Å². The fourth-order valence-electron chi connectivity index (χ4n) is 1.84. The maximum Gasteiger partial charge on any atom is 0.175 e. The molecule has 1 heterocycles. The first kappa shape index (κ1) is 15.9. The van der Waals surface area contributed by atoms with Gasteiger partial charge in [-0.2, -0.15) is 0 Å². The number of hydrogen-bond acceptors (Lipinski definition) is 5. The molecule has 0 fully saturated rings. The van der Waals surface area contributed by atoms with Crippen LogP contribution in [0, 0.1) is 0 Å². The van der Waals surface area contributed by atoms with Crippen molar-refractivity contribution >= 4 is 37.3 Å². The summed E-state index contributed by atoms with van der Waals surface area (Å²) in [5.74, 6) is 0.687. The van der Waals surface area contributed by atoms with E-state index in [4.69, 9.17) is 0 Å². The van der Waals surface area contributed by atoms with Gasteiger partial charge in [-0.3, -0.25) is 0 Å². The second kappa shape index (κ2) is 6.53. The molecule has 7 heteroatoms. The van der Waals surface area contributed by atoms with Crippen molar-refractivity contribution in [2.75, 3.05) is 11.6 Å². The zero-order valence-electron chi connectivity index (χ0n) is 11.8. The molecule has 0 unspecified atom stereocenters. The van der Waals surface area contributed by atoms with Crippen LogP contribution in [-0.2, 0) is 16.3 Å². The first-order valence-corrected chi connectivity index (χ1v) is 9.17. The number of halogens is 1. The van der Waals surface area contributed by atoms with Crippen molar-refractivity contribution in [1.82, 2.24) is 9.97 Å².